The molecule has 5 nitrogen and oxygen atoms in total. The molecule has 0 radical (unpaired) electrons. The molecule has 1 aromatic heterocycles. The van der Waals surface area contributed by atoms with Crippen molar-refractivity contribution < 1.29 is 23.5 Å². The fourth-order valence-corrected chi connectivity index (χ4v) is 5.78. The van der Waals surface area contributed by atoms with Crippen molar-refractivity contribution in [2.75, 3.05) is 0 Å². The van der Waals surface area contributed by atoms with Crippen LogP contribution in [0, 0.1) is 5.41 Å². The van der Waals surface area contributed by atoms with Gasteiger partial charge in [-0.3, -0.25) is 9.59 Å². The first-order valence-corrected chi connectivity index (χ1v) is 10.8. The van der Waals surface area contributed by atoms with E-state index >= 15 is 0 Å². The molecule has 2 N–H and O–H groups in total. The van der Waals surface area contributed by atoms with E-state index in [9.17, 15) is 18.4 Å². The molecule has 7 heteroatoms. The van der Waals surface area contributed by atoms with Crippen LogP contribution in [0.2, 0.25) is 0 Å². The number of amides is 1. The standard InChI is InChI=1S/C25H24F2N2O3/c26-22(27)18-6-4-16(5-7-18)13-29-11-8-17-2-1-3-19(21(17)29)23(32)28-25-10-9-24(14-25,15-25)12-20(30)31/h1-8,11,22H,9-10,12-15H2,(H,28,32)(H,30,31). The Hall–Kier alpha value is -3.22. The summed E-state index contributed by atoms with van der Waals surface area (Å²) in [6.07, 6.45) is 2.62. The van der Waals surface area contributed by atoms with Gasteiger partial charge in [-0.15, -0.1) is 0 Å². The number of para-hydroxylation sites is 1. The van der Waals surface area contributed by atoms with Gasteiger partial charge >= 0.3 is 5.97 Å². The molecule has 1 heterocycles. The second-order valence-corrected chi connectivity index (χ2v) is 9.39. The van der Waals surface area contributed by atoms with Crippen LogP contribution in [-0.4, -0.2) is 27.1 Å². The van der Waals surface area contributed by atoms with Crippen molar-refractivity contribution in [3.8, 4) is 0 Å². The van der Waals surface area contributed by atoms with Crippen LogP contribution in [0.1, 0.15) is 60.0 Å². The molecule has 3 aromatic rings. The number of hydrogen-bond acceptors (Lipinski definition) is 2. The second kappa shape index (κ2) is 7.43. The maximum absolute atomic E-state index is 13.3. The zero-order chi connectivity index (χ0) is 22.5. The summed E-state index contributed by atoms with van der Waals surface area (Å²) < 4.78 is 27.6. The molecular formula is C25H24F2N2O3. The molecule has 32 heavy (non-hydrogen) atoms. The van der Waals surface area contributed by atoms with Gasteiger partial charge in [-0.25, -0.2) is 8.78 Å². The van der Waals surface area contributed by atoms with E-state index in [0.29, 0.717) is 24.9 Å². The second-order valence-electron chi connectivity index (χ2n) is 9.39. The molecule has 3 aliphatic carbocycles. The number of aromatic nitrogens is 1. The fourth-order valence-electron chi connectivity index (χ4n) is 5.78. The quantitative estimate of drug-likeness (QED) is 0.536. The van der Waals surface area contributed by atoms with Crippen LogP contribution in [0.25, 0.3) is 10.9 Å². The minimum Gasteiger partial charge on any atom is -0.481 e. The minimum atomic E-state index is -2.50. The third-order valence-electron chi connectivity index (χ3n) is 7.08. The fraction of sp³-hybridized carbons (Fsp3) is 0.360. The van der Waals surface area contributed by atoms with Crippen molar-refractivity contribution in [2.24, 2.45) is 5.41 Å². The molecule has 3 fully saturated rings. The van der Waals surface area contributed by atoms with Crippen LogP contribution in [-0.2, 0) is 11.3 Å². The van der Waals surface area contributed by atoms with Crippen molar-refractivity contribution in [3.63, 3.8) is 0 Å². The number of fused-ring (bicyclic) bond motifs is 2. The monoisotopic (exact) mass is 438 g/mol. The molecule has 0 unspecified atom stereocenters. The summed E-state index contributed by atoms with van der Waals surface area (Å²) in [5, 5.41) is 13.3. The maximum Gasteiger partial charge on any atom is 0.303 e. The SMILES string of the molecule is O=C(O)CC12CCC(NC(=O)c3cccc4ccn(Cc5ccc(C(F)F)cc5)c34)(C1)C2. The first kappa shape index (κ1) is 20.7. The Bertz CT molecular complexity index is 1190. The topological polar surface area (TPSA) is 71.3 Å². The number of aliphatic carboxylic acids is 1. The van der Waals surface area contributed by atoms with Crippen LogP contribution in [0.5, 0.6) is 0 Å². The molecule has 3 saturated carbocycles. The summed E-state index contributed by atoms with van der Waals surface area (Å²) in [6.45, 7) is 0.462. The third-order valence-corrected chi connectivity index (χ3v) is 7.08. The van der Waals surface area contributed by atoms with Crippen LogP contribution in [0.4, 0.5) is 8.78 Å². The van der Waals surface area contributed by atoms with Gasteiger partial charge in [0, 0.05) is 29.2 Å². The highest BCUT2D eigenvalue weighted by Gasteiger charge is 2.61. The van der Waals surface area contributed by atoms with Crippen LogP contribution >= 0.6 is 0 Å². The average molecular weight is 438 g/mol. The van der Waals surface area contributed by atoms with E-state index in [2.05, 4.69) is 5.32 Å². The third kappa shape index (κ3) is 3.55. The molecule has 0 spiro atoms. The number of hydrogen-bond donors (Lipinski definition) is 2. The summed E-state index contributed by atoms with van der Waals surface area (Å²) in [5.74, 6) is -0.939. The minimum absolute atomic E-state index is 0.0125. The predicted octanol–water partition coefficient (Wildman–Crippen LogP) is 5.14. The van der Waals surface area contributed by atoms with Crippen LogP contribution < -0.4 is 5.32 Å². The van der Waals surface area contributed by atoms with E-state index in [1.807, 2.05) is 29.0 Å². The lowest BCUT2D eigenvalue weighted by molar-refractivity contribution is -0.141. The van der Waals surface area contributed by atoms with E-state index < -0.39 is 12.4 Å². The molecule has 6 rings (SSSR count). The number of nitrogens with zero attached hydrogens (tertiary/aromatic N) is 1. The molecule has 0 saturated heterocycles. The van der Waals surface area contributed by atoms with E-state index in [1.54, 1.807) is 18.2 Å². The Kier molecular flexibility index (Phi) is 4.80. The van der Waals surface area contributed by atoms with Crippen LogP contribution in [0.3, 0.4) is 0 Å². The Morgan fingerprint density at radius 1 is 1.06 bits per heavy atom. The Morgan fingerprint density at radius 2 is 1.81 bits per heavy atom. The number of carbonyl (C=O) groups is 2. The number of nitrogens with one attached hydrogen (secondary N) is 1. The largest absolute Gasteiger partial charge is 0.481 e. The zero-order valence-corrected chi connectivity index (χ0v) is 17.5. The number of alkyl halides is 2. The van der Waals surface area contributed by atoms with Gasteiger partial charge in [0.2, 0.25) is 0 Å². The Labute approximate surface area is 184 Å². The van der Waals surface area contributed by atoms with Crippen molar-refractivity contribution in [1.82, 2.24) is 9.88 Å². The molecule has 1 amide bonds. The Morgan fingerprint density at radius 3 is 2.50 bits per heavy atom. The first-order chi connectivity index (χ1) is 15.3. The van der Waals surface area contributed by atoms with Crippen molar-refractivity contribution in [1.29, 1.82) is 0 Å². The lowest BCUT2D eigenvalue weighted by atomic mass is 9.63. The van der Waals surface area contributed by atoms with Gasteiger partial charge in [-0.05, 0) is 48.8 Å². The molecule has 0 atom stereocenters. The lowest BCUT2D eigenvalue weighted by Gasteiger charge is -2.47. The normalized spacial score (nSPS) is 24.0. The maximum atomic E-state index is 13.3. The van der Waals surface area contributed by atoms with Gasteiger partial charge in [0.25, 0.3) is 12.3 Å². The number of carboxylic acids is 1. The summed E-state index contributed by atoms with van der Waals surface area (Å²) in [7, 11) is 0. The summed E-state index contributed by atoms with van der Waals surface area (Å²) in [5.41, 5.74) is 1.74. The van der Waals surface area contributed by atoms with E-state index in [4.69, 9.17) is 5.11 Å². The van der Waals surface area contributed by atoms with E-state index in [1.165, 1.54) is 12.1 Å². The van der Waals surface area contributed by atoms with Gasteiger partial charge in [0.05, 0.1) is 17.5 Å². The lowest BCUT2D eigenvalue weighted by Crippen LogP contribution is -2.56. The van der Waals surface area contributed by atoms with Gasteiger partial charge in [0.1, 0.15) is 0 Å². The summed E-state index contributed by atoms with van der Waals surface area (Å²) >= 11 is 0. The number of carboxylic acid groups (broad SMARTS) is 1. The molecule has 2 bridgehead atoms. The summed E-state index contributed by atoms with van der Waals surface area (Å²) in [4.78, 5) is 24.4. The molecule has 3 aliphatic rings. The van der Waals surface area contributed by atoms with Crippen molar-refractivity contribution in [2.45, 2.75) is 50.6 Å². The van der Waals surface area contributed by atoms with Gasteiger partial charge in [-0.2, -0.15) is 0 Å². The first-order valence-electron chi connectivity index (χ1n) is 10.8. The molecule has 0 aliphatic heterocycles. The highest BCUT2D eigenvalue weighted by Crippen LogP contribution is 2.63. The number of benzene rings is 2. The highest BCUT2D eigenvalue weighted by molar-refractivity contribution is 6.06. The number of halogens is 2. The highest BCUT2D eigenvalue weighted by atomic mass is 19.3. The predicted molar refractivity (Wildman–Crippen MR) is 116 cm³/mol. The van der Waals surface area contributed by atoms with E-state index in [-0.39, 0.29) is 28.8 Å². The molecule has 166 valence electrons. The van der Waals surface area contributed by atoms with Crippen molar-refractivity contribution in [3.05, 3.63) is 71.4 Å². The van der Waals surface area contributed by atoms with Gasteiger partial charge in [0.15, 0.2) is 0 Å². The number of rotatable bonds is 7. The van der Waals surface area contributed by atoms with Gasteiger partial charge < -0.3 is 15.0 Å². The smallest absolute Gasteiger partial charge is 0.303 e. The average Bonchev–Trinajstić information content (AvgIpc) is 3.39. The molecule has 2 aromatic carbocycles. The zero-order valence-electron chi connectivity index (χ0n) is 17.5. The van der Waals surface area contributed by atoms with Crippen molar-refractivity contribution >= 4 is 22.8 Å². The van der Waals surface area contributed by atoms with E-state index in [0.717, 1.165) is 29.3 Å². The summed E-state index contributed by atoms with van der Waals surface area (Å²) in [6, 6.07) is 13.8. The number of carbonyl (C=O) groups excluding carboxylic acids is 1. The Balaban J connectivity index is 1.37. The molecular weight excluding hydrogens is 414 g/mol. The van der Waals surface area contributed by atoms with Gasteiger partial charge in [-0.1, -0.05) is 36.4 Å². The van der Waals surface area contributed by atoms with Crippen LogP contribution in [0.15, 0.2) is 54.7 Å².